The van der Waals surface area contributed by atoms with Gasteiger partial charge in [0.2, 0.25) is 5.91 Å². The quantitative estimate of drug-likeness (QED) is 0.0503. The van der Waals surface area contributed by atoms with Gasteiger partial charge in [-0.15, -0.1) is 0 Å². The van der Waals surface area contributed by atoms with E-state index in [1.807, 2.05) is 0 Å². The molecule has 0 unspecified atom stereocenters. The third-order valence-electron chi connectivity index (χ3n) is 5.80. The predicted octanol–water partition coefficient (Wildman–Crippen LogP) is 3.72. The molecular formula is C27H45N3O8S. The second-order valence-electron chi connectivity index (χ2n) is 9.01. The molecule has 0 saturated heterocycles. The van der Waals surface area contributed by atoms with E-state index in [1.54, 1.807) is 0 Å². The summed E-state index contributed by atoms with van der Waals surface area (Å²) in [6, 6.07) is 4.19. The zero-order valence-electron chi connectivity index (χ0n) is 22.8. The number of nitrogens with one attached hydrogen (secondary N) is 3. The minimum atomic E-state index is -0.827. The number of benzene rings is 1. The van der Waals surface area contributed by atoms with Crippen LogP contribution in [0.3, 0.4) is 0 Å². The molecule has 12 heteroatoms. The Morgan fingerprint density at radius 3 is 2.05 bits per heavy atom. The molecule has 0 saturated carbocycles. The fourth-order valence-corrected chi connectivity index (χ4v) is 3.87. The van der Waals surface area contributed by atoms with Crippen LogP contribution in [0.15, 0.2) is 18.2 Å². The van der Waals surface area contributed by atoms with Crippen molar-refractivity contribution in [2.24, 2.45) is 0 Å². The average Bonchev–Trinajstić information content (AvgIpc) is 2.93. The zero-order valence-corrected chi connectivity index (χ0v) is 23.6. The van der Waals surface area contributed by atoms with E-state index in [4.69, 9.17) is 19.4 Å². The maximum Gasteiger partial charge on any atom is 0.407 e. The number of aromatic hydroxyl groups is 1. The maximum absolute atomic E-state index is 11.7. The fourth-order valence-electron chi connectivity index (χ4n) is 3.66. The highest BCUT2D eigenvalue weighted by atomic mass is 32.1. The minimum absolute atomic E-state index is 0.0797. The van der Waals surface area contributed by atoms with Gasteiger partial charge in [0, 0.05) is 26.1 Å². The van der Waals surface area contributed by atoms with E-state index in [0.29, 0.717) is 37.6 Å². The number of phenolic OH excluding ortho intramolecular Hbond substituents is 1. The van der Waals surface area contributed by atoms with Crippen LogP contribution in [0.4, 0.5) is 4.79 Å². The molecule has 39 heavy (non-hydrogen) atoms. The number of amides is 3. The summed E-state index contributed by atoms with van der Waals surface area (Å²) in [4.78, 5) is 34.4. The van der Waals surface area contributed by atoms with Crippen molar-refractivity contribution >= 4 is 30.5 Å². The number of hydroxylamine groups is 1. The van der Waals surface area contributed by atoms with Crippen molar-refractivity contribution in [2.75, 3.05) is 45.3 Å². The first-order valence-corrected chi connectivity index (χ1v) is 14.3. The van der Waals surface area contributed by atoms with E-state index in [1.165, 1.54) is 55.8 Å². The molecule has 0 aliphatic heterocycles. The smallest absolute Gasteiger partial charge is 0.407 e. The van der Waals surface area contributed by atoms with Gasteiger partial charge < -0.3 is 30.0 Å². The normalized spacial score (nSPS) is 10.7. The molecule has 1 aromatic rings. The molecule has 0 aliphatic carbocycles. The molecule has 1 rings (SSSR count). The molecule has 0 aliphatic rings. The van der Waals surface area contributed by atoms with Crippen LogP contribution in [0.1, 0.15) is 80.1 Å². The second-order valence-corrected chi connectivity index (χ2v) is 9.46. The van der Waals surface area contributed by atoms with Crippen LogP contribution in [0.5, 0.6) is 5.75 Å². The molecule has 0 radical (unpaired) electrons. The van der Waals surface area contributed by atoms with Gasteiger partial charge in [-0.2, -0.15) is 12.6 Å². The summed E-state index contributed by atoms with van der Waals surface area (Å²) in [6.07, 6.45) is 10.4. The summed E-state index contributed by atoms with van der Waals surface area (Å²) in [5.41, 5.74) is 1.92. The average molecular weight is 572 g/mol. The lowest BCUT2D eigenvalue weighted by Gasteiger charge is -2.09. The molecule has 1 aromatic carbocycles. The Morgan fingerprint density at radius 1 is 0.795 bits per heavy atom. The first kappa shape index (κ1) is 34.5. The SMILES string of the molecule is O=C(CCS)NCCCCCCCCCCCOCCOCCOC(=O)NCc1ccc(C(=O)NO)c(O)c1. The number of thiol groups is 1. The Bertz CT molecular complexity index is 828. The number of ether oxygens (including phenoxy) is 3. The zero-order chi connectivity index (χ0) is 28.6. The first-order valence-electron chi connectivity index (χ1n) is 13.7. The largest absolute Gasteiger partial charge is 0.507 e. The van der Waals surface area contributed by atoms with E-state index in [2.05, 4.69) is 23.3 Å². The van der Waals surface area contributed by atoms with Crippen molar-refractivity contribution in [2.45, 2.75) is 70.8 Å². The van der Waals surface area contributed by atoms with Gasteiger partial charge in [0.15, 0.2) is 0 Å². The standard InChI is InChI=1S/C27H45N3O8S/c31-24-20-22(10-11-23(24)26(33)30-35)21-29-27(34)38-18-17-37-16-15-36-14-9-7-5-3-1-2-4-6-8-13-28-25(32)12-19-39/h10-11,20,31,35,39H,1-9,12-19,21H2,(H,28,32)(H,29,34)(H,30,33). The van der Waals surface area contributed by atoms with Gasteiger partial charge in [0.25, 0.3) is 5.91 Å². The molecule has 0 fully saturated rings. The summed E-state index contributed by atoms with van der Waals surface area (Å²) in [5, 5.41) is 23.9. The Balaban J connectivity index is 1.84. The molecule has 0 atom stereocenters. The number of carbonyl (C=O) groups is 3. The molecule has 3 amide bonds. The molecule has 222 valence electrons. The highest BCUT2D eigenvalue weighted by Gasteiger charge is 2.11. The van der Waals surface area contributed by atoms with E-state index in [-0.39, 0.29) is 37.0 Å². The van der Waals surface area contributed by atoms with Crippen LogP contribution in [-0.2, 0) is 25.5 Å². The van der Waals surface area contributed by atoms with Crippen molar-refractivity contribution < 1.29 is 38.9 Å². The molecule has 0 bridgehead atoms. The van der Waals surface area contributed by atoms with Crippen molar-refractivity contribution in [3.8, 4) is 5.75 Å². The summed E-state index contributed by atoms with van der Waals surface area (Å²) in [5.74, 6) is -0.452. The lowest BCUT2D eigenvalue weighted by molar-refractivity contribution is -0.120. The molecule has 5 N–H and O–H groups in total. The number of alkyl carbamates (subject to hydrolysis) is 1. The fraction of sp³-hybridized carbons (Fsp3) is 0.667. The molecule has 0 spiro atoms. The number of hydrogen-bond acceptors (Lipinski definition) is 9. The van der Waals surface area contributed by atoms with Crippen LogP contribution >= 0.6 is 12.6 Å². The highest BCUT2D eigenvalue weighted by molar-refractivity contribution is 7.80. The van der Waals surface area contributed by atoms with Gasteiger partial charge >= 0.3 is 6.09 Å². The molecule has 0 heterocycles. The van der Waals surface area contributed by atoms with Crippen LogP contribution in [0.25, 0.3) is 0 Å². The Morgan fingerprint density at radius 2 is 1.41 bits per heavy atom. The molecule has 0 aromatic heterocycles. The lowest BCUT2D eigenvalue weighted by atomic mass is 10.1. The number of rotatable bonds is 23. The minimum Gasteiger partial charge on any atom is -0.507 e. The summed E-state index contributed by atoms with van der Waals surface area (Å²) < 4.78 is 16.0. The summed E-state index contributed by atoms with van der Waals surface area (Å²) in [6.45, 7) is 2.85. The number of hydrogen-bond donors (Lipinski definition) is 6. The van der Waals surface area contributed by atoms with E-state index < -0.39 is 12.0 Å². The van der Waals surface area contributed by atoms with Gasteiger partial charge in [0.05, 0.1) is 25.4 Å². The van der Waals surface area contributed by atoms with Gasteiger partial charge in [-0.3, -0.25) is 14.8 Å². The molecule has 11 nitrogen and oxygen atoms in total. The van der Waals surface area contributed by atoms with Gasteiger partial charge in [-0.05, 0) is 36.3 Å². The highest BCUT2D eigenvalue weighted by Crippen LogP contribution is 2.18. The van der Waals surface area contributed by atoms with Gasteiger partial charge in [-0.1, -0.05) is 51.0 Å². The predicted molar refractivity (Wildman–Crippen MR) is 150 cm³/mol. The number of unbranched alkanes of at least 4 members (excludes halogenated alkanes) is 8. The van der Waals surface area contributed by atoms with Crippen LogP contribution < -0.4 is 16.1 Å². The third kappa shape index (κ3) is 18.4. The number of carbonyl (C=O) groups excluding carboxylic acids is 3. The van der Waals surface area contributed by atoms with Crippen LogP contribution in [-0.4, -0.2) is 73.6 Å². The second kappa shape index (κ2) is 23.4. The Labute approximate surface area is 236 Å². The van der Waals surface area contributed by atoms with Gasteiger partial charge in [-0.25, -0.2) is 10.3 Å². The summed E-state index contributed by atoms with van der Waals surface area (Å²) in [7, 11) is 0. The number of phenols is 1. The Kier molecular flexibility index (Phi) is 20.7. The monoisotopic (exact) mass is 571 g/mol. The van der Waals surface area contributed by atoms with E-state index in [0.717, 1.165) is 32.2 Å². The van der Waals surface area contributed by atoms with Crippen molar-refractivity contribution in [3.63, 3.8) is 0 Å². The van der Waals surface area contributed by atoms with Crippen molar-refractivity contribution in [1.29, 1.82) is 0 Å². The van der Waals surface area contributed by atoms with Crippen molar-refractivity contribution in [3.05, 3.63) is 29.3 Å². The van der Waals surface area contributed by atoms with E-state index >= 15 is 0 Å². The molecular weight excluding hydrogens is 526 g/mol. The van der Waals surface area contributed by atoms with Crippen LogP contribution in [0.2, 0.25) is 0 Å². The maximum atomic E-state index is 11.7. The van der Waals surface area contributed by atoms with Crippen LogP contribution in [0, 0.1) is 0 Å². The Hall–Kier alpha value is -2.54. The lowest BCUT2D eigenvalue weighted by Crippen LogP contribution is -2.25. The van der Waals surface area contributed by atoms with Crippen molar-refractivity contribution in [1.82, 2.24) is 16.1 Å². The summed E-state index contributed by atoms with van der Waals surface area (Å²) >= 11 is 4.05. The van der Waals surface area contributed by atoms with Gasteiger partial charge in [0.1, 0.15) is 12.4 Å². The first-order chi connectivity index (χ1) is 19.0. The third-order valence-corrected chi connectivity index (χ3v) is 6.03. The topological polar surface area (TPSA) is 155 Å². The van der Waals surface area contributed by atoms with E-state index in [9.17, 15) is 19.5 Å².